The maximum atomic E-state index is 11.4. The molecule has 1 aliphatic rings. The van der Waals surface area contributed by atoms with Crippen molar-refractivity contribution in [1.29, 1.82) is 0 Å². The van der Waals surface area contributed by atoms with Crippen molar-refractivity contribution in [1.82, 2.24) is 9.88 Å². The Morgan fingerprint density at radius 2 is 2.10 bits per heavy atom. The molecule has 0 saturated heterocycles. The Balaban J connectivity index is 1.69. The van der Waals surface area contributed by atoms with Crippen LogP contribution in [-0.2, 0) is 17.8 Å². The zero-order valence-corrected chi connectivity index (χ0v) is 21.1. The van der Waals surface area contributed by atoms with E-state index >= 15 is 0 Å². The second-order valence-electron chi connectivity index (χ2n) is 7.91. The smallest absolute Gasteiger partial charge is 0.319 e. The number of thiazole rings is 1. The van der Waals surface area contributed by atoms with Crippen molar-refractivity contribution in [2.24, 2.45) is 15.9 Å². The molecule has 2 aromatic rings. The summed E-state index contributed by atoms with van der Waals surface area (Å²) in [6.07, 6.45) is 3.80. The molecule has 2 heterocycles. The predicted molar refractivity (Wildman–Crippen MR) is 133 cm³/mol. The Hall–Kier alpha value is -1.71. The van der Waals surface area contributed by atoms with Gasteiger partial charge in [0, 0.05) is 41.5 Å². The van der Waals surface area contributed by atoms with Crippen LogP contribution < -0.4 is 0 Å². The van der Waals surface area contributed by atoms with E-state index in [1.807, 2.05) is 23.7 Å². The molecule has 1 N–H and O–H groups in total. The second kappa shape index (κ2) is 10.7. The van der Waals surface area contributed by atoms with E-state index < -0.39 is 10.7 Å². The van der Waals surface area contributed by atoms with Gasteiger partial charge in [0.05, 0.1) is 12.2 Å². The van der Waals surface area contributed by atoms with E-state index in [0.29, 0.717) is 5.92 Å². The third-order valence-corrected chi connectivity index (χ3v) is 7.69. The van der Waals surface area contributed by atoms with E-state index in [2.05, 4.69) is 49.9 Å². The van der Waals surface area contributed by atoms with E-state index in [4.69, 9.17) is 4.99 Å². The minimum absolute atomic E-state index is 0.411. The fourth-order valence-corrected chi connectivity index (χ4v) is 5.39. The summed E-state index contributed by atoms with van der Waals surface area (Å²) in [7, 11) is 0. The average molecular weight is 524 g/mol. The van der Waals surface area contributed by atoms with Gasteiger partial charge >= 0.3 is 5.97 Å². The number of carbonyl (C=O) groups is 1. The number of carboxylic acid groups (broad SMARTS) is 1. The monoisotopic (exact) mass is 522 g/mol. The molecule has 1 aliphatic heterocycles. The summed E-state index contributed by atoms with van der Waals surface area (Å²) in [5, 5.41) is 11.4. The lowest BCUT2D eigenvalue weighted by Crippen LogP contribution is -2.34. The highest BCUT2D eigenvalue weighted by Crippen LogP contribution is 2.34. The van der Waals surface area contributed by atoms with Gasteiger partial charge in [-0.2, -0.15) is 0 Å². The Kier molecular flexibility index (Phi) is 8.30. The molecule has 0 fully saturated rings. The fourth-order valence-electron chi connectivity index (χ4n) is 2.90. The van der Waals surface area contributed by atoms with Crippen molar-refractivity contribution in [2.75, 3.05) is 13.1 Å². The summed E-state index contributed by atoms with van der Waals surface area (Å²) in [5.41, 5.74) is 2.15. The van der Waals surface area contributed by atoms with E-state index in [1.165, 1.54) is 28.7 Å². The minimum Gasteiger partial charge on any atom is -0.480 e. The number of aromatic nitrogens is 1. The number of thioether (sulfide) groups is 1. The number of carboxylic acids is 1. The van der Waals surface area contributed by atoms with Crippen LogP contribution in [0.5, 0.6) is 0 Å². The average Bonchev–Trinajstić information content (AvgIpc) is 3.19. The molecule has 1 aromatic carbocycles. The number of aliphatic carboxylic acids is 1. The maximum absolute atomic E-state index is 11.4. The van der Waals surface area contributed by atoms with Gasteiger partial charge in [-0.25, -0.2) is 9.98 Å². The first-order valence-electron chi connectivity index (χ1n) is 10.2. The molecule has 0 radical (unpaired) electrons. The Morgan fingerprint density at radius 1 is 1.35 bits per heavy atom. The van der Waals surface area contributed by atoms with Gasteiger partial charge in [-0.3, -0.25) is 9.79 Å². The van der Waals surface area contributed by atoms with E-state index in [1.54, 1.807) is 13.8 Å². The highest BCUT2D eigenvalue weighted by molar-refractivity contribution is 9.10. The largest absolute Gasteiger partial charge is 0.480 e. The van der Waals surface area contributed by atoms with Crippen molar-refractivity contribution in [3.63, 3.8) is 0 Å². The van der Waals surface area contributed by atoms with Crippen molar-refractivity contribution in [3.05, 3.63) is 45.4 Å². The zero-order valence-electron chi connectivity index (χ0n) is 17.9. The van der Waals surface area contributed by atoms with Gasteiger partial charge in [-0.1, -0.05) is 46.7 Å². The standard InChI is InChI=1S/C22H27BrN4O2S2/c1-4-15-11-24-20(25-12-15)27(13-16-5-7-17(23)8-6-16)10-9-18-14-30-21(26-18)31-22(2,3)19(28)29/h5-8,11,14-15H,4,9-10,12-13H2,1-3H3,(H,28,29). The van der Waals surface area contributed by atoms with Crippen LogP contribution in [0.25, 0.3) is 0 Å². The van der Waals surface area contributed by atoms with Gasteiger partial charge in [0.25, 0.3) is 0 Å². The molecular weight excluding hydrogens is 496 g/mol. The summed E-state index contributed by atoms with van der Waals surface area (Å²) >= 11 is 6.27. The number of hydrogen-bond acceptors (Lipinski definition) is 7. The molecule has 0 saturated carbocycles. The number of benzene rings is 1. The van der Waals surface area contributed by atoms with Crippen molar-refractivity contribution in [3.8, 4) is 0 Å². The number of halogens is 1. The molecule has 9 heteroatoms. The van der Waals surface area contributed by atoms with Gasteiger partial charge in [0.1, 0.15) is 4.75 Å². The molecule has 6 nitrogen and oxygen atoms in total. The Bertz CT molecular complexity index is 957. The second-order valence-corrected chi connectivity index (χ2v) is 11.6. The summed E-state index contributed by atoms with van der Waals surface area (Å²) < 4.78 is 0.934. The fraction of sp³-hybridized carbons (Fsp3) is 0.455. The van der Waals surface area contributed by atoms with Crippen LogP contribution in [0.15, 0.2) is 48.4 Å². The number of guanidine groups is 1. The third-order valence-electron chi connectivity index (χ3n) is 4.99. The predicted octanol–water partition coefficient (Wildman–Crippen LogP) is 5.37. The van der Waals surface area contributed by atoms with Gasteiger partial charge in [0.2, 0.25) is 5.96 Å². The first-order valence-corrected chi connectivity index (χ1v) is 12.7. The summed E-state index contributed by atoms with van der Waals surface area (Å²) in [5.74, 6) is 0.340. The number of rotatable bonds is 9. The van der Waals surface area contributed by atoms with E-state index in [-0.39, 0.29) is 0 Å². The molecule has 0 aliphatic carbocycles. The van der Waals surface area contributed by atoms with Gasteiger partial charge in [-0.05, 0) is 38.0 Å². The lowest BCUT2D eigenvalue weighted by molar-refractivity contribution is -0.138. The lowest BCUT2D eigenvalue weighted by atomic mass is 10.1. The van der Waals surface area contributed by atoms with Gasteiger partial charge < -0.3 is 10.0 Å². The van der Waals surface area contributed by atoms with Gasteiger partial charge in [0.15, 0.2) is 4.34 Å². The first kappa shape index (κ1) is 23.9. The van der Waals surface area contributed by atoms with Crippen molar-refractivity contribution < 1.29 is 9.90 Å². The number of aliphatic imine (C=N–C) groups is 2. The molecule has 1 unspecified atom stereocenters. The van der Waals surface area contributed by atoms with Crippen LogP contribution in [0.1, 0.15) is 38.4 Å². The molecule has 1 atom stereocenters. The van der Waals surface area contributed by atoms with Crippen LogP contribution in [-0.4, -0.2) is 51.0 Å². The third kappa shape index (κ3) is 6.89. The highest BCUT2D eigenvalue weighted by atomic mass is 79.9. The van der Waals surface area contributed by atoms with Crippen LogP contribution in [0, 0.1) is 5.92 Å². The molecular formula is C22H27BrN4O2S2. The first-order chi connectivity index (χ1) is 14.8. The number of hydrogen-bond donors (Lipinski definition) is 1. The van der Waals surface area contributed by atoms with Crippen LogP contribution in [0.4, 0.5) is 0 Å². The maximum Gasteiger partial charge on any atom is 0.319 e. The zero-order chi connectivity index (χ0) is 22.4. The minimum atomic E-state index is -0.899. The van der Waals surface area contributed by atoms with E-state index in [9.17, 15) is 9.90 Å². The Morgan fingerprint density at radius 3 is 2.71 bits per heavy atom. The molecule has 0 bridgehead atoms. The van der Waals surface area contributed by atoms with Crippen LogP contribution in [0.2, 0.25) is 0 Å². The lowest BCUT2D eigenvalue weighted by Gasteiger charge is -2.26. The molecule has 166 valence electrons. The molecule has 31 heavy (non-hydrogen) atoms. The highest BCUT2D eigenvalue weighted by Gasteiger charge is 2.29. The van der Waals surface area contributed by atoms with Crippen LogP contribution >= 0.6 is 39.0 Å². The van der Waals surface area contributed by atoms with Gasteiger partial charge in [-0.15, -0.1) is 11.3 Å². The molecule has 0 spiro atoms. The van der Waals surface area contributed by atoms with Crippen molar-refractivity contribution >= 4 is 57.2 Å². The van der Waals surface area contributed by atoms with Crippen LogP contribution in [0.3, 0.4) is 0 Å². The molecule has 1 aromatic heterocycles. The molecule has 0 amide bonds. The quantitative estimate of drug-likeness (QED) is 0.447. The van der Waals surface area contributed by atoms with E-state index in [0.717, 1.165) is 52.9 Å². The topological polar surface area (TPSA) is 78.2 Å². The normalized spacial score (nSPS) is 16.3. The summed E-state index contributed by atoms with van der Waals surface area (Å²) in [6, 6.07) is 8.29. The van der Waals surface area contributed by atoms with Crippen molar-refractivity contribution in [2.45, 2.75) is 49.2 Å². The summed E-state index contributed by atoms with van der Waals surface area (Å²) in [4.78, 5) is 27.6. The Labute approximate surface area is 200 Å². The molecule has 3 rings (SSSR count). The SMILES string of the molecule is CCC1C=NC(N(CCc2csc(SC(C)(C)C(=O)O)n2)Cc2ccc(Br)cc2)=NC1. The summed E-state index contributed by atoms with van der Waals surface area (Å²) in [6.45, 7) is 7.78. The number of nitrogens with zero attached hydrogens (tertiary/aromatic N) is 4.